The third-order valence-electron chi connectivity index (χ3n) is 4.20. The normalized spacial score (nSPS) is 17.9. The van der Waals surface area contributed by atoms with Crippen molar-refractivity contribution in [1.29, 1.82) is 0 Å². The SMILES string of the molecule is COc1ccc2c(c1)O[C@H](c1cc3c(cc1OC)OCO3)CC2=O. The van der Waals surface area contributed by atoms with Crippen LogP contribution >= 0.6 is 0 Å². The van der Waals surface area contributed by atoms with Crippen molar-refractivity contribution in [2.24, 2.45) is 0 Å². The van der Waals surface area contributed by atoms with Crippen molar-refractivity contribution in [2.75, 3.05) is 21.0 Å². The number of methoxy groups -OCH3 is 2. The molecule has 6 nitrogen and oxygen atoms in total. The number of Topliss-reactive ketones (excluding diaryl/α,β-unsaturated/α-hetero) is 1. The average Bonchev–Trinajstić information content (AvgIpc) is 3.07. The van der Waals surface area contributed by atoms with Gasteiger partial charge in [0.2, 0.25) is 6.79 Å². The third kappa shape index (κ3) is 2.31. The first-order chi connectivity index (χ1) is 11.7. The highest BCUT2D eigenvalue weighted by Gasteiger charge is 2.31. The van der Waals surface area contributed by atoms with E-state index in [2.05, 4.69) is 0 Å². The van der Waals surface area contributed by atoms with E-state index < -0.39 is 6.10 Å². The van der Waals surface area contributed by atoms with Crippen molar-refractivity contribution in [2.45, 2.75) is 12.5 Å². The molecule has 0 saturated heterocycles. The lowest BCUT2D eigenvalue weighted by Crippen LogP contribution is -2.21. The number of fused-ring (bicyclic) bond motifs is 2. The maximum absolute atomic E-state index is 12.5. The molecule has 0 aliphatic carbocycles. The van der Waals surface area contributed by atoms with E-state index in [-0.39, 0.29) is 19.0 Å². The molecule has 0 bridgehead atoms. The minimum Gasteiger partial charge on any atom is -0.497 e. The number of hydrogen-bond acceptors (Lipinski definition) is 6. The number of rotatable bonds is 3. The van der Waals surface area contributed by atoms with Crippen LogP contribution in [-0.4, -0.2) is 26.8 Å². The van der Waals surface area contributed by atoms with Gasteiger partial charge in [0.1, 0.15) is 23.4 Å². The van der Waals surface area contributed by atoms with E-state index in [9.17, 15) is 4.79 Å². The molecule has 0 aromatic heterocycles. The summed E-state index contributed by atoms with van der Waals surface area (Å²) in [6.45, 7) is 0.173. The van der Waals surface area contributed by atoms with E-state index in [0.717, 1.165) is 5.56 Å². The van der Waals surface area contributed by atoms with Gasteiger partial charge in [0.15, 0.2) is 17.3 Å². The summed E-state index contributed by atoms with van der Waals surface area (Å²) < 4.78 is 27.5. The van der Waals surface area contributed by atoms with E-state index in [0.29, 0.717) is 34.3 Å². The molecule has 1 atom stereocenters. The Bertz CT molecular complexity index is 813. The fraction of sp³-hybridized carbons (Fsp3) is 0.278. The highest BCUT2D eigenvalue weighted by molar-refractivity contribution is 6.00. The summed E-state index contributed by atoms with van der Waals surface area (Å²) in [6.07, 6.45) is -0.225. The Labute approximate surface area is 138 Å². The zero-order valence-electron chi connectivity index (χ0n) is 13.3. The zero-order chi connectivity index (χ0) is 16.7. The van der Waals surface area contributed by atoms with Crippen LogP contribution in [0.5, 0.6) is 28.7 Å². The van der Waals surface area contributed by atoms with E-state index >= 15 is 0 Å². The Morgan fingerprint density at radius 3 is 2.54 bits per heavy atom. The van der Waals surface area contributed by atoms with Crippen molar-refractivity contribution in [1.82, 2.24) is 0 Å². The summed E-state index contributed by atoms with van der Waals surface area (Å²) in [7, 11) is 3.15. The van der Waals surface area contributed by atoms with E-state index in [1.165, 1.54) is 0 Å². The fourth-order valence-corrected chi connectivity index (χ4v) is 2.97. The highest BCUT2D eigenvalue weighted by atomic mass is 16.7. The second-order valence-corrected chi connectivity index (χ2v) is 5.54. The van der Waals surface area contributed by atoms with Gasteiger partial charge in [-0.05, 0) is 18.2 Å². The molecule has 2 aliphatic rings. The first-order valence-electron chi connectivity index (χ1n) is 7.55. The Kier molecular flexibility index (Phi) is 3.45. The first-order valence-corrected chi connectivity index (χ1v) is 7.55. The molecule has 0 amide bonds. The van der Waals surface area contributed by atoms with Gasteiger partial charge in [0.05, 0.1) is 26.2 Å². The Morgan fingerprint density at radius 1 is 1.00 bits per heavy atom. The van der Waals surface area contributed by atoms with Crippen molar-refractivity contribution < 1.29 is 28.5 Å². The molecule has 6 heteroatoms. The molecule has 2 heterocycles. The molecule has 0 radical (unpaired) electrons. The van der Waals surface area contributed by atoms with Gasteiger partial charge in [-0.3, -0.25) is 4.79 Å². The van der Waals surface area contributed by atoms with Crippen LogP contribution in [0.3, 0.4) is 0 Å². The second-order valence-electron chi connectivity index (χ2n) is 5.54. The number of carbonyl (C=O) groups excluding carboxylic acids is 1. The van der Waals surface area contributed by atoms with Gasteiger partial charge in [0, 0.05) is 17.7 Å². The van der Waals surface area contributed by atoms with Crippen LogP contribution in [0.25, 0.3) is 0 Å². The molecule has 0 saturated carbocycles. The molecular formula is C18H16O6. The quantitative estimate of drug-likeness (QED) is 0.862. The molecular weight excluding hydrogens is 312 g/mol. The maximum Gasteiger partial charge on any atom is 0.231 e. The number of benzene rings is 2. The monoisotopic (exact) mass is 328 g/mol. The summed E-state index contributed by atoms with van der Waals surface area (Å²) >= 11 is 0. The minimum atomic E-state index is -0.457. The Hall–Kier alpha value is -2.89. The van der Waals surface area contributed by atoms with Gasteiger partial charge < -0.3 is 23.7 Å². The molecule has 2 aliphatic heterocycles. The molecule has 2 aromatic carbocycles. The Morgan fingerprint density at radius 2 is 1.79 bits per heavy atom. The number of carbonyl (C=O) groups is 1. The molecule has 0 spiro atoms. The lowest BCUT2D eigenvalue weighted by atomic mass is 9.95. The fourth-order valence-electron chi connectivity index (χ4n) is 2.97. The van der Waals surface area contributed by atoms with Gasteiger partial charge >= 0.3 is 0 Å². The van der Waals surface area contributed by atoms with Crippen molar-refractivity contribution in [3.63, 3.8) is 0 Å². The summed E-state index contributed by atoms with van der Waals surface area (Å²) in [5, 5.41) is 0. The lowest BCUT2D eigenvalue weighted by Gasteiger charge is -2.27. The molecule has 24 heavy (non-hydrogen) atoms. The maximum atomic E-state index is 12.5. The van der Waals surface area contributed by atoms with Gasteiger partial charge in [-0.1, -0.05) is 0 Å². The average molecular weight is 328 g/mol. The smallest absolute Gasteiger partial charge is 0.231 e. The highest BCUT2D eigenvalue weighted by Crippen LogP contribution is 2.44. The summed E-state index contributed by atoms with van der Waals surface area (Å²) in [5.74, 6) is 3.01. The zero-order valence-corrected chi connectivity index (χ0v) is 13.3. The van der Waals surface area contributed by atoms with E-state index in [1.807, 2.05) is 6.07 Å². The van der Waals surface area contributed by atoms with Crippen LogP contribution in [0, 0.1) is 0 Å². The summed E-state index contributed by atoms with van der Waals surface area (Å²) in [5.41, 5.74) is 1.32. The van der Waals surface area contributed by atoms with Gasteiger partial charge in [0.25, 0.3) is 0 Å². The molecule has 4 rings (SSSR count). The standard InChI is InChI=1S/C18H16O6/c1-20-10-3-4-11-13(19)7-16(24-15(11)5-10)12-6-17-18(23-9-22-17)8-14(12)21-2/h3-6,8,16H,7,9H2,1-2H3/t16-/m0/s1. The number of hydrogen-bond donors (Lipinski definition) is 0. The first kappa shape index (κ1) is 14.7. The molecule has 0 N–H and O–H groups in total. The van der Waals surface area contributed by atoms with Gasteiger partial charge in [-0.15, -0.1) is 0 Å². The predicted molar refractivity (Wildman–Crippen MR) is 84.4 cm³/mol. The van der Waals surface area contributed by atoms with Crippen LogP contribution in [-0.2, 0) is 0 Å². The number of ether oxygens (including phenoxy) is 5. The van der Waals surface area contributed by atoms with Gasteiger partial charge in [-0.25, -0.2) is 0 Å². The minimum absolute atomic E-state index is 0.0172. The largest absolute Gasteiger partial charge is 0.497 e. The van der Waals surface area contributed by atoms with Crippen molar-refractivity contribution in [3.8, 4) is 28.7 Å². The number of ketones is 1. The third-order valence-corrected chi connectivity index (χ3v) is 4.20. The van der Waals surface area contributed by atoms with E-state index in [1.54, 1.807) is 38.5 Å². The molecule has 2 aromatic rings. The Balaban J connectivity index is 1.74. The molecule has 0 fully saturated rings. The summed E-state index contributed by atoms with van der Waals surface area (Å²) in [4.78, 5) is 12.5. The van der Waals surface area contributed by atoms with Crippen LogP contribution in [0.1, 0.15) is 28.4 Å². The molecule has 124 valence electrons. The predicted octanol–water partition coefficient (Wildman–Crippen LogP) is 3.14. The van der Waals surface area contributed by atoms with Crippen LogP contribution in [0.15, 0.2) is 30.3 Å². The van der Waals surface area contributed by atoms with Crippen LogP contribution in [0.2, 0.25) is 0 Å². The van der Waals surface area contributed by atoms with Crippen LogP contribution < -0.4 is 23.7 Å². The van der Waals surface area contributed by atoms with Crippen LogP contribution in [0.4, 0.5) is 0 Å². The van der Waals surface area contributed by atoms with Crippen molar-refractivity contribution in [3.05, 3.63) is 41.5 Å². The molecule has 0 unspecified atom stereocenters. The van der Waals surface area contributed by atoms with E-state index in [4.69, 9.17) is 23.7 Å². The topological polar surface area (TPSA) is 63.2 Å². The lowest BCUT2D eigenvalue weighted by molar-refractivity contribution is 0.0846. The second kappa shape index (κ2) is 5.63. The summed E-state index contributed by atoms with van der Waals surface area (Å²) in [6, 6.07) is 8.76. The van der Waals surface area contributed by atoms with Gasteiger partial charge in [-0.2, -0.15) is 0 Å². The van der Waals surface area contributed by atoms with Crippen molar-refractivity contribution >= 4 is 5.78 Å².